The zero-order valence-electron chi connectivity index (χ0n) is 5.72. The van der Waals surface area contributed by atoms with Gasteiger partial charge in [0.1, 0.15) is 6.54 Å². The van der Waals surface area contributed by atoms with Gasteiger partial charge < -0.3 is 5.73 Å². The topological polar surface area (TPSA) is 38.4 Å². The summed E-state index contributed by atoms with van der Waals surface area (Å²) in [4.78, 5) is 3.89. The Balaban J connectivity index is 3.45. The van der Waals surface area contributed by atoms with Gasteiger partial charge in [0.25, 0.3) is 0 Å². The van der Waals surface area contributed by atoms with E-state index in [-0.39, 0.29) is 0 Å². The van der Waals surface area contributed by atoms with Gasteiger partial charge in [0.15, 0.2) is 0 Å². The number of aliphatic imine (C=N–C) groups is 1. The molecule has 0 heterocycles. The lowest BCUT2D eigenvalue weighted by Gasteiger charge is -1.92. The van der Waals surface area contributed by atoms with E-state index < -0.39 is 0 Å². The zero-order chi connectivity index (χ0) is 7.11. The lowest BCUT2D eigenvalue weighted by atomic mass is 10.3. The fourth-order valence-electron chi connectivity index (χ4n) is 0.482. The minimum Gasteiger partial charge on any atom is -0.387 e. The molecule has 0 atom stereocenters. The van der Waals surface area contributed by atoms with Crippen LogP contribution in [0.3, 0.4) is 0 Å². The minimum atomic E-state index is 0.409. The standard InChI is InChI=1S/C7H12N2/c1-3-5-7(8)9-6-4-2/h2H,3,5-6H2,1H3,(H2,8,9). The highest BCUT2D eigenvalue weighted by molar-refractivity contribution is 5.80. The Labute approximate surface area is 56.2 Å². The van der Waals surface area contributed by atoms with Gasteiger partial charge in [-0.15, -0.1) is 6.42 Å². The molecule has 2 heteroatoms. The lowest BCUT2D eigenvalue weighted by molar-refractivity contribution is 0.975. The SMILES string of the molecule is C#CCN=C(N)CCC. The van der Waals surface area contributed by atoms with Crippen molar-refractivity contribution in [3.05, 3.63) is 0 Å². The fourth-order valence-corrected chi connectivity index (χ4v) is 0.482. The molecule has 9 heavy (non-hydrogen) atoms. The van der Waals surface area contributed by atoms with Crippen LogP contribution in [0.5, 0.6) is 0 Å². The molecular formula is C7H12N2. The molecule has 0 saturated heterocycles. The number of nitrogens with zero attached hydrogens (tertiary/aromatic N) is 1. The van der Waals surface area contributed by atoms with E-state index in [1.807, 2.05) is 0 Å². The van der Waals surface area contributed by atoms with Crippen LogP contribution >= 0.6 is 0 Å². The van der Waals surface area contributed by atoms with Gasteiger partial charge in [-0.05, 0) is 6.42 Å². The number of terminal acetylenes is 1. The van der Waals surface area contributed by atoms with Crippen LogP contribution in [-0.2, 0) is 0 Å². The van der Waals surface area contributed by atoms with Crippen LogP contribution in [0.15, 0.2) is 4.99 Å². The Morgan fingerprint density at radius 3 is 2.89 bits per heavy atom. The van der Waals surface area contributed by atoms with E-state index in [0.29, 0.717) is 12.4 Å². The molecule has 0 unspecified atom stereocenters. The molecule has 0 rings (SSSR count). The summed E-state index contributed by atoms with van der Waals surface area (Å²) in [5.74, 6) is 3.05. The summed E-state index contributed by atoms with van der Waals surface area (Å²) < 4.78 is 0. The van der Waals surface area contributed by atoms with Crippen LogP contribution in [0.1, 0.15) is 19.8 Å². The van der Waals surface area contributed by atoms with Gasteiger partial charge in [0.2, 0.25) is 0 Å². The third-order valence-corrected chi connectivity index (χ3v) is 0.880. The molecule has 0 aliphatic carbocycles. The van der Waals surface area contributed by atoms with E-state index in [1.54, 1.807) is 0 Å². The molecular weight excluding hydrogens is 112 g/mol. The van der Waals surface area contributed by atoms with Crippen molar-refractivity contribution in [2.24, 2.45) is 10.7 Å². The Morgan fingerprint density at radius 1 is 1.78 bits per heavy atom. The maximum absolute atomic E-state index is 5.42. The maximum Gasteiger partial charge on any atom is 0.101 e. The Morgan fingerprint density at radius 2 is 2.44 bits per heavy atom. The molecule has 0 radical (unpaired) electrons. The van der Waals surface area contributed by atoms with Gasteiger partial charge in [0.05, 0.1) is 5.84 Å². The second-order valence-electron chi connectivity index (χ2n) is 1.76. The average Bonchev–Trinajstić information content (AvgIpc) is 1.85. The summed E-state index contributed by atoms with van der Waals surface area (Å²) in [6.45, 7) is 2.46. The smallest absolute Gasteiger partial charge is 0.101 e. The summed E-state index contributed by atoms with van der Waals surface area (Å²) in [6, 6.07) is 0. The monoisotopic (exact) mass is 124 g/mol. The predicted octanol–water partition coefficient (Wildman–Crippen LogP) is 0.777. The molecule has 2 nitrogen and oxygen atoms in total. The highest BCUT2D eigenvalue weighted by atomic mass is 14.8. The summed E-state index contributed by atoms with van der Waals surface area (Å²) in [6.07, 6.45) is 6.84. The molecule has 0 aromatic heterocycles. The van der Waals surface area contributed by atoms with Crippen LogP contribution in [0.2, 0.25) is 0 Å². The Hall–Kier alpha value is -0.970. The van der Waals surface area contributed by atoms with E-state index in [9.17, 15) is 0 Å². The molecule has 0 amide bonds. The van der Waals surface area contributed by atoms with Gasteiger partial charge in [-0.3, -0.25) is 4.99 Å². The number of amidine groups is 1. The van der Waals surface area contributed by atoms with Crippen LogP contribution in [0.4, 0.5) is 0 Å². The number of nitrogens with two attached hydrogens (primary N) is 1. The fraction of sp³-hybridized carbons (Fsp3) is 0.571. The molecule has 0 aromatic rings. The zero-order valence-corrected chi connectivity index (χ0v) is 5.72. The average molecular weight is 124 g/mol. The number of rotatable bonds is 3. The largest absolute Gasteiger partial charge is 0.387 e. The van der Waals surface area contributed by atoms with E-state index in [2.05, 4.69) is 17.8 Å². The molecule has 0 fully saturated rings. The Kier molecular flexibility index (Phi) is 4.61. The molecule has 50 valence electrons. The second kappa shape index (κ2) is 5.17. The third kappa shape index (κ3) is 4.89. The van der Waals surface area contributed by atoms with Gasteiger partial charge in [-0.1, -0.05) is 12.8 Å². The van der Waals surface area contributed by atoms with Crippen molar-refractivity contribution in [2.45, 2.75) is 19.8 Å². The summed E-state index contributed by atoms with van der Waals surface area (Å²) in [5.41, 5.74) is 5.42. The highest BCUT2D eigenvalue weighted by Gasteiger charge is 1.85. The van der Waals surface area contributed by atoms with Crippen LogP contribution in [0.25, 0.3) is 0 Å². The van der Waals surface area contributed by atoms with Crippen molar-refractivity contribution in [1.29, 1.82) is 0 Å². The van der Waals surface area contributed by atoms with E-state index in [0.717, 1.165) is 12.8 Å². The van der Waals surface area contributed by atoms with E-state index in [4.69, 9.17) is 12.2 Å². The number of hydrogen-bond acceptors (Lipinski definition) is 1. The van der Waals surface area contributed by atoms with E-state index in [1.165, 1.54) is 0 Å². The van der Waals surface area contributed by atoms with Gasteiger partial charge in [0, 0.05) is 6.42 Å². The molecule has 2 N–H and O–H groups in total. The third-order valence-electron chi connectivity index (χ3n) is 0.880. The minimum absolute atomic E-state index is 0.409. The predicted molar refractivity (Wildman–Crippen MR) is 40.2 cm³/mol. The van der Waals surface area contributed by atoms with Gasteiger partial charge in [-0.25, -0.2) is 0 Å². The van der Waals surface area contributed by atoms with Gasteiger partial charge in [-0.2, -0.15) is 0 Å². The van der Waals surface area contributed by atoms with Crippen LogP contribution in [-0.4, -0.2) is 12.4 Å². The van der Waals surface area contributed by atoms with Crippen LogP contribution < -0.4 is 5.73 Å². The maximum atomic E-state index is 5.42. The molecule has 0 aliphatic heterocycles. The normalized spacial score (nSPS) is 10.9. The summed E-state index contributed by atoms with van der Waals surface area (Å²) >= 11 is 0. The van der Waals surface area contributed by atoms with E-state index >= 15 is 0 Å². The van der Waals surface area contributed by atoms with Crippen molar-refractivity contribution in [1.82, 2.24) is 0 Å². The van der Waals surface area contributed by atoms with Gasteiger partial charge >= 0.3 is 0 Å². The van der Waals surface area contributed by atoms with Crippen molar-refractivity contribution in [3.63, 3.8) is 0 Å². The first-order valence-electron chi connectivity index (χ1n) is 3.03. The first-order chi connectivity index (χ1) is 4.31. The Bertz CT molecular complexity index is 130. The highest BCUT2D eigenvalue weighted by Crippen LogP contribution is 1.85. The summed E-state index contributed by atoms with van der Waals surface area (Å²) in [7, 11) is 0. The van der Waals surface area contributed by atoms with Crippen molar-refractivity contribution in [2.75, 3.05) is 6.54 Å². The molecule has 0 aromatic carbocycles. The molecule has 0 saturated carbocycles. The number of hydrogen-bond donors (Lipinski definition) is 1. The van der Waals surface area contributed by atoms with Crippen LogP contribution in [0, 0.1) is 12.3 Å². The first kappa shape index (κ1) is 8.03. The molecule has 0 spiro atoms. The quantitative estimate of drug-likeness (QED) is 0.337. The van der Waals surface area contributed by atoms with Crippen molar-refractivity contribution < 1.29 is 0 Å². The lowest BCUT2D eigenvalue weighted by Crippen LogP contribution is -2.11. The second-order valence-corrected chi connectivity index (χ2v) is 1.76. The first-order valence-corrected chi connectivity index (χ1v) is 3.03. The molecule has 0 bridgehead atoms. The van der Waals surface area contributed by atoms with Crippen molar-refractivity contribution in [3.8, 4) is 12.3 Å². The summed E-state index contributed by atoms with van der Waals surface area (Å²) in [5, 5.41) is 0. The van der Waals surface area contributed by atoms with Crippen molar-refractivity contribution >= 4 is 5.84 Å². The molecule has 0 aliphatic rings.